The standard InChI is InChI=1S/C26H32FN3O5/c1-16-13-30(25(32)19-6-8-20(27)9-7-19)17(2)15-35-23-11-10-21(28-18(3)31)12-22(23)26(33)29(4)14-24(16)34-5/h6-12,16-17,24H,13-15H2,1-5H3,(H,28,31)/t16-,17-,24+/m1/s1. The number of nitrogens with zero attached hydrogens (tertiary/aromatic N) is 2. The zero-order valence-corrected chi connectivity index (χ0v) is 20.7. The minimum Gasteiger partial charge on any atom is -0.491 e. The normalized spacial score (nSPS) is 21.3. The summed E-state index contributed by atoms with van der Waals surface area (Å²) in [6.07, 6.45) is -0.345. The third-order valence-corrected chi connectivity index (χ3v) is 6.12. The van der Waals surface area contributed by atoms with Crippen LogP contribution in [0.4, 0.5) is 10.1 Å². The molecule has 0 saturated heterocycles. The van der Waals surface area contributed by atoms with E-state index in [1.807, 2.05) is 13.8 Å². The lowest BCUT2D eigenvalue weighted by Crippen LogP contribution is -2.48. The van der Waals surface area contributed by atoms with Gasteiger partial charge in [-0.3, -0.25) is 14.4 Å². The fraction of sp³-hybridized carbons (Fsp3) is 0.423. The summed E-state index contributed by atoms with van der Waals surface area (Å²) in [5.41, 5.74) is 1.15. The number of methoxy groups -OCH3 is 1. The van der Waals surface area contributed by atoms with Crippen LogP contribution in [0.15, 0.2) is 42.5 Å². The second kappa shape index (κ2) is 11.3. The Hall–Kier alpha value is -3.46. The maximum Gasteiger partial charge on any atom is 0.257 e. The van der Waals surface area contributed by atoms with Crippen molar-refractivity contribution in [3.05, 3.63) is 59.4 Å². The number of nitrogens with one attached hydrogen (secondary N) is 1. The summed E-state index contributed by atoms with van der Waals surface area (Å²) in [7, 11) is 3.25. The van der Waals surface area contributed by atoms with Crippen LogP contribution in [-0.2, 0) is 9.53 Å². The van der Waals surface area contributed by atoms with Gasteiger partial charge in [-0.05, 0) is 49.4 Å². The highest BCUT2D eigenvalue weighted by atomic mass is 19.1. The van der Waals surface area contributed by atoms with E-state index in [1.54, 1.807) is 42.2 Å². The van der Waals surface area contributed by atoms with Crippen LogP contribution in [0, 0.1) is 11.7 Å². The van der Waals surface area contributed by atoms with Crippen LogP contribution < -0.4 is 10.1 Å². The Morgan fingerprint density at radius 1 is 1.11 bits per heavy atom. The molecule has 0 spiro atoms. The van der Waals surface area contributed by atoms with Crippen LogP contribution in [0.25, 0.3) is 0 Å². The Labute approximate surface area is 205 Å². The molecular formula is C26H32FN3O5. The second-order valence-electron chi connectivity index (χ2n) is 8.95. The van der Waals surface area contributed by atoms with Gasteiger partial charge in [-0.1, -0.05) is 6.92 Å². The van der Waals surface area contributed by atoms with Crippen molar-refractivity contribution >= 4 is 23.4 Å². The molecule has 0 radical (unpaired) electrons. The molecule has 0 unspecified atom stereocenters. The van der Waals surface area contributed by atoms with E-state index in [9.17, 15) is 18.8 Å². The molecule has 8 nitrogen and oxygen atoms in total. The SMILES string of the molecule is CO[C@H]1CN(C)C(=O)c2cc(NC(C)=O)ccc2OC[C@@H](C)N(C(=O)c2ccc(F)cc2)C[C@H]1C. The summed E-state index contributed by atoms with van der Waals surface area (Å²) in [6.45, 7) is 5.98. The highest BCUT2D eigenvalue weighted by Gasteiger charge is 2.31. The summed E-state index contributed by atoms with van der Waals surface area (Å²) in [6, 6.07) is 9.96. The molecule has 188 valence electrons. The van der Waals surface area contributed by atoms with Crippen molar-refractivity contribution in [2.24, 2.45) is 5.92 Å². The number of rotatable bonds is 3. The van der Waals surface area contributed by atoms with Crippen molar-refractivity contribution in [1.29, 1.82) is 0 Å². The molecule has 0 bridgehead atoms. The van der Waals surface area contributed by atoms with E-state index in [0.717, 1.165) is 0 Å². The molecule has 2 aromatic rings. The largest absolute Gasteiger partial charge is 0.491 e. The first kappa shape index (κ1) is 26.2. The molecule has 0 aromatic heterocycles. The number of anilines is 1. The van der Waals surface area contributed by atoms with Crippen LogP contribution in [0.3, 0.4) is 0 Å². The molecule has 0 aliphatic carbocycles. The number of ether oxygens (including phenoxy) is 2. The monoisotopic (exact) mass is 485 g/mol. The molecule has 35 heavy (non-hydrogen) atoms. The molecule has 3 amide bonds. The fourth-order valence-electron chi connectivity index (χ4n) is 4.10. The second-order valence-corrected chi connectivity index (χ2v) is 8.95. The van der Waals surface area contributed by atoms with Gasteiger partial charge in [0.1, 0.15) is 18.2 Å². The minimum absolute atomic E-state index is 0.119. The number of halogens is 1. The Kier molecular flexibility index (Phi) is 8.45. The number of hydrogen-bond donors (Lipinski definition) is 1. The lowest BCUT2D eigenvalue weighted by Gasteiger charge is -2.36. The van der Waals surface area contributed by atoms with Crippen molar-refractivity contribution in [2.45, 2.75) is 32.9 Å². The van der Waals surface area contributed by atoms with Gasteiger partial charge in [-0.2, -0.15) is 0 Å². The molecular weight excluding hydrogens is 453 g/mol. The van der Waals surface area contributed by atoms with E-state index < -0.39 is 5.82 Å². The highest BCUT2D eigenvalue weighted by Crippen LogP contribution is 2.27. The van der Waals surface area contributed by atoms with Crippen molar-refractivity contribution in [1.82, 2.24) is 9.80 Å². The van der Waals surface area contributed by atoms with Gasteiger partial charge in [0, 0.05) is 51.3 Å². The summed E-state index contributed by atoms with van der Waals surface area (Å²) < 4.78 is 25.2. The Balaban J connectivity index is 1.99. The van der Waals surface area contributed by atoms with Crippen LogP contribution in [0.2, 0.25) is 0 Å². The van der Waals surface area contributed by atoms with Crippen LogP contribution in [0.5, 0.6) is 5.75 Å². The predicted octanol–water partition coefficient (Wildman–Crippen LogP) is 3.43. The number of fused-ring (bicyclic) bond motifs is 1. The predicted molar refractivity (Wildman–Crippen MR) is 130 cm³/mol. The molecule has 2 aromatic carbocycles. The number of amides is 3. The minimum atomic E-state index is -0.414. The van der Waals surface area contributed by atoms with Crippen molar-refractivity contribution < 1.29 is 28.2 Å². The smallest absolute Gasteiger partial charge is 0.257 e. The van der Waals surface area contributed by atoms with Crippen molar-refractivity contribution in [3.63, 3.8) is 0 Å². The quantitative estimate of drug-likeness (QED) is 0.720. The van der Waals surface area contributed by atoms with Gasteiger partial charge < -0.3 is 24.6 Å². The van der Waals surface area contributed by atoms with E-state index in [4.69, 9.17) is 9.47 Å². The molecule has 0 saturated carbocycles. The number of hydrogen-bond acceptors (Lipinski definition) is 5. The summed E-state index contributed by atoms with van der Waals surface area (Å²) >= 11 is 0. The van der Waals surface area contributed by atoms with E-state index in [-0.39, 0.29) is 48.9 Å². The first-order chi connectivity index (χ1) is 16.6. The third-order valence-electron chi connectivity index (χ3n) is 6.12. The summed E-state index contributed by atoms with van der Waals surface area (Å²) in [4.78, 5) is 41.5. The lowest BCUT2D eigenvalue weighted by molar-refractivity contribution is -0.114. The van der Waals surface area contributed by atoms with Gasteiger partial charge >= 0.3 is 0 Å². The molecule has 0 fully saturated rings. The third kappa shape index (κ3) is 6.36. The molecule has 1 heterocycles. The van der Waals surface area contributed by atoms with Gasteiger partial charge in [-0.15, -0.1) is 0 Å². The Morgan fingerprint density at radius 2 is 1.80 bits per heavy atom. The van der Waals surface area contributed by atoms with Crippen molar-refractivity contribution in [2.75, 3.05) is 39.2 Å². The van der Waals surface area contributed by atoms with E-state index in [0.29, 0.717) is 29.1 Å². The molecule has 3 rings (SSSR count). The molecule has 1 N–H and O–H groups in total. The maximum absolute atomic E-state index is 13.4. The van der Waals surface area contributed by atoms with Gasteiger partial charge in [0.25, 0.3) is 11.8 Å². The molecule has 9 heteroatoms. The molecule has 1 aliphatic rings. The molecule has 3 atom stereocenters. The average Bonchev–Trinajstić information content (AvgIpc) is 2.83. The van der Waals surface area contributed by atoms with Crippen LogP contribution >= 0.6 is 0 Å². The maximum atomic E-state index is 13.4. The number of carbonyl (C=O) groups is 3. The van der Waals surface area contributed by atoms with Crippen LogP contribution in [0.1, 0.15) is 41.5 Å². The van der Waals surface area contributed by atoms with E-state index in [2.05, 4.69) is 5.32 Å². The molecule has 1 aliphatic heterocycles. The number of benzene rings is 2. The van der Waals surface area contributed by atoms with Gasteiger partial charge in [0.05, 0.1) is 17.7 Å². The fourth-order valence-corrected chi connectivity index (χ4v) is 4.10. The average molecular weight is 486 g/mol. The first-order valence-corrected chi connectivity index (χ1v) is 11.5. The van der Waals surface area contributed by atoms with Gasteiger partial charge in [0.2, 0.25) is 5.91 Å². The van der Waals surface area contributed by atoms with Crippen molar-refractivity contribution in [3.8, 4) is 5.75 Å². The van der Waals surface area contributed by atoms with Gasteiger partial charge in [0.15, 0.2) is 0 Å². The van der Waals surface area contributed by atoms with Crippen LogP contribution in [-0.4, -0.2) is 73.5 Å². The van der Waals surface area contributed by atoms with E-state index >= 15 is 0 Å². The van der Waals surface area contributed by atoms with Gasteiger partial charge in [-0.25, -0.2) is 4.39 Å². The highest BCUT2D eigenvalue weighted by molar-refractivity contribution is 5.99. The van der Waals surface area contributed by atoms with E-state index in [1.165, 1.54) is 31.2 Å². The first-order valence-electron chi connectivity index (χ1n) is 11.5. The zero-order chi connectivity index (χ0) is 25.7. The summed E-state index contributed by atoms with van der Waals surface area (Å²) in [5, 5.41) is 2.69. The summed E-state index contributed by atoms with van der Waals surface area (Å²) in [5.74, 6) is -0.954. The Morgan fingerprint density at radius 3 is 2.43 bits per heavy atom. The Bertz CT molecular complexity index is 1080. The number of likely N-dealkylation sites (N-methyl/N-ethyl adjacent to an activating group) is 1. The zero-order valence-electron chi connectivity index (χ0n) is 20.7. The lowest BCUT2D eigenvalue weighted by atomic mass is 10.0. The topological polar surface area (TPSA) is 88.2 Å². The number of carbonyl (C=O) groups excluding carboxylic acids is 3.